The van der Waals surface area contributed by atoms with Crippen molar-refractivity contribution < 1.29 is 19.1 Å². The fourth-order valence-electron chi connectivity index (χ4n) is 1.40. The lowest BCUT2D eigenvalue weighted by molar-refractivity contribution is 0.0695. The molecule has 0 unspecified atom stereocenters. The quantitative estimate of drug-likeness (QED) is 0.838. The molecule has 1 amide bonds. The highest BCUT2D eigenvalue weighted by molar-refractivity contribution is 9.10. The van der Waals surface area contributed by atoms with Gasteiger partial charge in [0.05, 0.1) is 5.56 Å². The van der Waals surface area contributed by atoms with Crippen molar-refractivity contribution in [2.24, 2.45) is 0 Å². The van der Waals surface area contributed by atoms with Gasteiger partial charge in [-0.05, 0) is 62.2 Å². The lowest BCUT2D eigenvalue weighted by atomic mass is 10.2. The molecule has 2 aromatic rings. The van der Waals surface area contributed by atoms with E-state index in [0.717, 1.165) is 0 Å². The van der Waals surface area contributed by atoms with Crippen LogP contribution in [0.15, 0.2) is 43.9 Å². The molecule has 2 N–H and O–H groups in total. The van der Waals surface area contributed by atoms with Crippen LogP contribution in [0, 0.1) is 0 Å². The molecule has 0 spiro atoms. The number of benzene rings is 1. The van der Waals surface area contributed by atoms with Gasteiger partial charge in [0.25, 0.3) is 5.91 Å². The molecular weight excluding hydrogens is 382 g/mol. The number of hydrogen-bond acceptors (Lipinski definition) is 3. The van der Waals surface area contributed by atoms with Crippen LogP contribution in [0.4, 0.5) is 5.69 Å². The Bertz CT molecular complexity index is 651. The lowest BCUT2D eigenvalue weighted by Crippen LogP contribution is -2.11. The van der Waals surface area contributed by atoms with Crippen LogP contribution in [0.25, 0.3) is 0 Å². The van der Waals surface area contributed by atoms with Gasteiger partial charge < -0.3 is 14.8 Å². The van der Waals surface area contributed by atoms with Gasteiger partial charge in [0.15, 0.2) is 10.4 Å². The first kappa shape index (κ1) is 13.8. The Balaban J connectivity index is 2.22. The highest BCUT2D eigenvalue weighted by Crippen LogP contribution is 2.22. The Morgan fingerprint density at radius 3 is 2.47 bits per heavy atom. The number of hydrogen-bond donors (Lipinski definition) is 2. The van der Waals surface area contributed by atoms with E-state index in [9.17, 15) is 9.59 Å². The van der Waals surface area contributed by atoms with Gasteiger partial charge in [0, 0.05) is 10.2 Å². The number of aromatic carboxylic acids is 1. The molecule has 1 aromatic heterocycles. The molecule has 2 rings (SSSR count). The summed E-state index contributed by atoms with van der Waals surface area (Å²) in [6.45, 7) is 0. The summed E-state index contributed by atoms with van der Waals surface area (Å²) < 4.78 is 5.99. The summed E-state index contributed by atoms with van der Waals surface area (Å²) in [5, 5.41) is 11.5. The second kappa shape index (κ2) is 5.58. The van der Waals surface area contributed by atoms with Gasteiger partial charge in [-0.15, -0.1) is 0 Å². The number of halogens is 2. The van der Waals surface area contributed by atoms with E-state index in [1.54, 1.807) is 18.2 Å². The highest BCUT2D eigenvalue weighted by Gasteiger charge is 2.13. The number of nitrogens with one attached hydrogen (secondary N) is 1. The van der Waals surface area contributed by atoms with Gasteiger partial charge in [-0.1, -0.05) is 0 Å². The minimum Gasteiger partial charge on any atom is -0.478 e. The first-order valence-corrected chi connectivity index (χ1v) is 6.65. The molecule has 0 atom stereocenters. The first-order valence-electron chi connectivity index (χ1n) is 5.07. The van der Waals surface area contributed by atoms with Crippen LogP contribution >= 0.6 is 31.9 Å². The summed E-state index contributed by atoms with van der Waals surface area (Å²) in [5.41, 5.74) is 0.441. The van der Waals surface area contributed by atoms with E-state index >= 15 is 0 Å². The molecule has 1 aromatic carbocycles. The van der Waals surface area contributed by atoms with Crippen molar-refractivity contribution in [1.29, 1.82) is 0 Å². The summed E-state index contributed by atoms with van der Waals surface area (Å²) >= 11 is 6.22. The summed E-state index contributed by atoms with van der Waals surface area (Å²) in [6.07, 6.45) is 0. The van der Waals surface area contributed by atoms with Crippen molar-refractivity contribution in [2.75, 3.05) is 5.32 Å². The molecule has 0 fully saturated rings. The standard InChI is InChI=1S/C12H7Br2NO4/c13-8-2-1-6(5-7(8)12(17)18)15-11(16)9-3-4-10(14)19-9/h1-5H,(H,15,16)(H,17,18). The Labute approximate surface area is 124 Å². The van der Waals surface area contributed by atoms with Crippen LogP contribution in [0.2, 0.25) is 0 Å². The highest BCUT2D eigenvalue weighted by atomic mass is 79.9. The van der Waals surface area contributed by atoms with E-state index in [2.05, 4.69) is 37.2 Å². The Morgan fingerprint density at radius 2 is 1.89 bits per heavy atom. The monoisotopic (exact) mass is 387 g/mol. The fourth-order valence-corrected chi connectivity index (χ4v) is 2.12. The van der Waals surface area contributed by atoms with Gasteiger partial charge in [-0.3, -0.25) is 4.79 Å². The molecule has 1 heterocycles. The first-order chi connectivity index (χ1) is 8.97. The molecule has 0 aliphatic heterocycles. The lowest BCUT2D eigenvalue weighted by Gasteiger charge is -2.05. The van der Waals surface area contributed by atoms with Crippen LogP contribution in [0.3, 0.4) is 0 Å². The van der Waals surface area contributed by atoms with Crippen LogP contribution < -0.4 is 5.32 Å². The maximum absolute atomic E-state index is 11.8. The van der Waals surface area contributed by atoms with Crippen LogP contribution in [-0.2, 0) is 0 Å². The third-order valence-corrected chi connectivity index (χ3v) is 3.37. The number of anilines is 1. The maximum atomic E-state index is 11.8. The molecule has 98 valence electrons. The normalized spacial score (nSPS) is 10.2. The summed E-state index contributed by atoms with van der Waals surface area (Å²) in [4.78, 5) is 22.8. The molecule has 0 aliphatic rings. The number of carboxylic acid groups (broad SMARTS) is 1. The molecule has 0 bridgehead atoms. The van der Waals surface area contributed by atoms with Gasteiger partial charge in [0.2, 0.25) is 0 Å². The smallest absolute Gasteiger partial charge is 0.336 e. The van der Waals surface area contributed by atoms with Crippen LogP contribution in [0.5, 0.6) is 0 Å². The van der Waals surface area contributed by atoms with E-state index in [-0.39, 0.29) is 11.3 Å². The number of carbonyl (C=O) groups excluding carboxylic acids is 1. The molecule has 0 saturated carbocycles. The summed E-state index contributed by atoms with van der Waals surface area (Å²) in [5.74, 6) is -1.40. The van der Waals surface area contributed by atoms with Crippen molar-refractivity contribution in [2.45, 2.75) is 0 Å². The maximum Gasteiger partial charge on any atom is 0.336 e. The van der Waals surface area contributed by atoms with Crippen molar-refractivity contribution in [3.8, 4) is 0 Å². The predicted octanol–water partition coefficient (Wildman–Crippen LogP) is 3.76. The zero-order chi connectivity index (χ0) is 14.0. The van der Waals surface area contributed by atoms with Crippen molar-refractivity contribution in [3.05, 3.63) is 50.8 Å². The third kappa shape index (κ3) is 3.24. The minimum absolute atomic E-state index is 0.0680. The topological polar surface area (TPSA) is 79.5 Å². The van der Waals surface area contributed by atoms with Crippen molar-refractivity contribution >= 4 is 49.4 Å². The molecular formula is C12H7Br2NO4. The average molecular weight is 389 g/mol. The molecule has 0 saturated heterocycles. The molecule has 7 heteroatoms. The zero-order valence-corrected chi connectivity index (χ0v) is 12.5. The second-order valence-corrected chi connectivity index (χ2v) is 5.19. The fraction of sp³-hybridized carbons (Fsp3) is 0. The summed E-state index contributed by atoms with van der Waals surface area (Å²) in [7, 11) is 0. The summed E-state index contributed by atoms with van der Waals surface area (Å²) in [6, 6.07) is 7.61. The SMILES string of the molecule is O=C(Nc1ccc(Br)c(C(=O)O)c1)c1ccc(Br)o1. The Morgan fingerprint density at radius 1 is 1.16 bits per heavy atom. The van der Waals surface area contributed by atoms with Gasteiger partial charge in [0.1, 0.15) is 0 Å². The number of carboxylic acids is 1. The third-order valence-electron chi connectivity index (χ3n) is 2.25. The van der Waals surface area contributed by atoms with Crippen LogP contribution in [0.1, 0.15) is 20.9 Å². The number of amides is 1. The molecule has 19 heavy (non-hydrogen) atoms. The van der Waals surface area contributed by atoms with Gasteiger partial charge >= 0.3 is 5.97 Å². The minimum atomic E-state index is -1.08. The molecule has 0 radical (unpaired) electrons. The predicted molar refractivity (Wildman–Crippen MR) is 75.5 cm³/mol. The second-order valence-electron chi connectivity index (χ2n) is 3.56. The van der Waals surface area contributed by atoms with Crippen LogP contribution in [-0.4, -0.2) is 17.0 Å². The van der Waals surface area contributed by atoms with E-state index in [0.29, 0.717) is 14.8 Å². The number of furan rings is 1. The Kier molecular flexibility index (Phi) is 4.06. The van der Waals surface area contributed by atoms with E-state index < -0.39 is 11.9 Å². The molecule has 5 nitrogen and oxygen atoms in total. The van der Waals surface area contributed by atoms with E-state index in [1.165, 1.54) is 12.1 Å². The zero-order valence-electron chi connectivity index (χ0n) is 9.31. The van der Waals surface area contributed by atoms with Crippen molar-refractivity contribution in [3.63, 3.8) is 0 Å². The van der Waals surface area contributed by atoms with E-state index in [1.807, 2.05) is 0 Å². The van der Waals surface area contributed by atoms with Gasteiger partial charge in [-0.25, -0.2) is 4.79 Å². The average Bonchev–Trinajstić information content (AvgIpc) is 2.78. The van der Waals surface area contributed by atoms with E-state index in [4.69, 9.17) is 9.52 Å². The number of carbonyl (C=O) groups is 2. The Hall–Kier alpha value is -1.60. The number of rotatable bonds is 3. The van der Waals surface area contributed by atoms with Crippen molar-refractivity contribution in [1.82, 2.24) is 0 Å². The van der Waals surface area contributed by atoms with Gasteiger partial charge in [-0.2, -0.15) is 0 Å². The largest absolute Gasteiger partial charge is 0.478 e. The molecule has 0 aliphatic carbocycles.